The molecule has 4 nitrogen and oxygen atoms in total. The number of nitrogens with two attached hydrogens (primary N) is 1. The first-order chi connectivity index (χ1) is 9.11. The highest BCUT2D eigenvalue weighted by Crippen LogP contribution is 2.37. The van der Waals surface area contributed by atoms with Crippen molar-refractivity contribution in [1.82, 2.24) is 10.1 Å². The van der Waals surface area contributed by atoms with Crippen LogP contribution >= 0.6 is 0 Å². The maximum atomic E-state index is 5.94. The van der Waals surface area contributed by atoms with Gasteiger partial charge in [-0.05, 0) is 43.9 Å². The summed E-state index contributed by atoms with van der Waals surface area (Å²) in [5.74, 6) is 3.47. The van der Waals surface area contributed by atoms with Gasteiger partial charge in [0.15, 0.2) is 5.82 Å². The quantitative estimate of drug-likeness (QED) is 0.825. The molecule has 0 radical (unpaired) electrons. The first-order valence-electron chi connectivity index (χ1n) is 7.31. The van der Waals surface area contributed by atoms with Crippen LogP contribution in [0.4, 0.5) is 0 Å². The van der Waals surface area contributed by atoms with E-state index in [1.54, 1.807) is 6.08 Å². The summed E-state index contributed by atoms with van der Waals surface area (Å²) in [4.78, 5) is 4.47. The summed E-state index contributed by atoms with van der Waals surface area (Å²) in [5.41, 5.74) is 5.94. The lowest BCUT2D eigenvalue weighted by molar-refractivity contribution is 0.251. The highest BCUT2D eigenvalue weighted by atomic mass is 16.5. The van der Waals surface area contributed by atoms with Gasteiger partial charge in [-0.25, -0.2) is 0 Å². The van der Waals surface area contributed by atoms with E-state index in [-0.39, 0.29) is 6.04 Å². The van der Waals surface area contributed by atoms with E-state index in [0.717, 1.165) is 17.7 Å². The molecule has 106 valence electrons. The molecule has 1 atom stereocenters. The molecule has 0 spiro atoms. The zero-order valence-corrected chi connectivity index (χ0v) is 12.0. The molecule has 1 fully saturated rings. The smallest absolute Gasteiger partial charge is 0.243 e. The van der Waals surface area contributed by atoms with E-state index >= 15 is 0 Å². The largest absolute Gasteiger partial charge is 0.338 e. The highest BCUT2D eigenvalue weighted by molar-refractivity contribution is 5.01. The maximum Gasteiger partial charge on any atom is 0.243 e. The fourth-order valence-corrected chi connectivity index (χ4v) is 2.89. The van der Waals surface area contributed by atoms with Gasteiger partial charge in [0, 0.05) is 5.92 Å². The van der Waals surface area contributed by atoms with Crippen LogP contribution in [-0.4, -0.2) is 10.1 Å². The molecule has 0 aromatic carbocycles. The zero-order chi connectivity index (χ0) is 13.8. The fourth-order valence-electron chi connectivity index (χ4n) is 2.89. The van der Waals surface area contributed by atoms with Crippen molar-refractivity contribution in [2.24, 2.45) is 17.6 Å². The Morgan fingerprint density at radius 3 is 2.63 bits per heavy atom. The van der Waals surface area contributed by atoms with Crippen molar-refractivity contribution in [1.29, 1.82) is 0 Å². The predicted molar refractivity (Wildman–Crippen MR) is 75.6 cm³/mol. The normalized spacial score (nSPS) is 25.5. The second kappa shape index (κ2) is 6.33. The van der Waals surface area contributed by atoms with Gasteiger partial charge in [0.05, 0.1) is 6.04 Å². The Balaban J connectivity index is 1.95. The van der Waals surface area contributed by atoms with Crippen LogP contribution in [0.3, 0.4) is 0 Å². The van der Waals surface area contributed by atoms with Gasteiger partial charge in [-0.2, -0.15) is 4.98 Å². The molecule has 1 heterocycles. The lowest BCUT2D eigenvalue weighted by atomic mass is 9.77. The van der Waals surface area contributed by atoms with Crippen LogP contribution in [0, 0.1) is 11.8 Å². The number of aromatic nitrogens is 2. The van der Waals surface area contributed by atoms with Crippen LogP contribution in [0.2, 0.25) is 0 Å². The summed E-state index contributed by atoms with van der Waals surface area (Å²) in [6.07, 6.45) is 7.32. The SMILES string of the molecule is C=CCC(N)c1nc(C2CCC(C(C)C)CC2)no1. The van der Waals surface area contributed by atoms with Gasteiger partial charge in [-0.15, -0.1) is 6.58 Å². The van der Waals surface area contributed by atoms with Crippen molar-refractivity contribution in [2.45, 2.75) is 57.9 Å². The van der Waals surface area contributed by atoms with Crippen LogP contribution in [0.15, 0.2) is 17.2 Å². The molecule has 1 aromatic heterocycles. The highest BCUT2D eigenvalue weighted by Gasteiger charge is 2.27. The van der Waals surface area contributed by atoms with Crippen LogP contribution in [0.25, 0.3) is 0 Å². The Bertz CT molecular complexity index is 405. The van der Waals surface area contributed by atoms with Gasteiger partial charge < -0.3 is 10.3 Å². The fraction of sp³-hybridized carbons (Fsp3) is 0.733. The van der Waals surface area contributed by atoms with Gasteiger partial charge in [-0.3, -0.25) is 0 Å². The number of nitrogens with zero attached hydrogens (tertiary/aromatic N) is 2. The summed E-state index contributed by atoms with van der Waals surface area (Å²) < 4.78 is 5.27. The van der Waals surface area contributed by atoms with Gasteiger partial charge in [0.1, 0.15) is 0 Å². The lowest BCUT2D eigenvalue weighted by Gasteiger charge is -2.29. The van der Waals surface area contributed by atoms with Gasteiger partial charge in [-0.1, -0.05) is 25.1 Å². The summed E-state index contributed by atoms with van der Waals surface area (Å²) in [7, 11) is 0. The van der Waals surface area contributed by atoms with Crippen molar-refractivity contribution in [3.63, 3.8) is 0 Å². The summed E-state index contributed by atoms with van der Waals surface area (Å²) in [6, 6.07) is -0.217. The third kappa shape index (κ3) is 3.44. The zero-order valence-electron chi connectivity index (χ0n) is 12.0. The van der Waals surface area contributed by atoms with Crippen LogP contribution in [0.5, 0.6) is 0 Å². The van der Waals surface area contributed by atoms with Crippen molar-refractivity contribution in [2.75, 3.05) is 0 Å². The van der Waals surface area contributed by atoms with E-state index in [2.05, 4.69) is 30.6 Å². The van der Waals surface area contributed by atoms with Crippen molar-refractivity contribution in [3.8, 4) is 0 Å². The minimum Gasteiger partial charge on any atom is -0.338 e. The number of rotatable bonds is 5. The molecule has 0 amide bonds. The van der Waals surface area contributed by atoms with E-state index in [4.69, 9.17) is 10.3 Å². The third-order valence-electron chi connectivity index (χ3n) is 4.28. The first-order valence-corrected chi connectivity index (χ1v) is 7.31. The number of hydrogen-bond donors (Lipinski definition) is 1. The molecule has 1 saturated carbocycles. The molecule has 1 unspecified atom stereocenters. The summed E-state index contributed by atoms with van der Waals surface area (Å²) >= 11 is 0. The topological polar surface area (TPSA) is 64.9 Å². The van der Waals surface area contributed by atoms with Gasteiger partial charge in [0.2, 0.25) is 5.89 Å². The Kier molecular flexibility index (Phi) is 4.75. The molecule has 4 heteroatoms. The Labute approximate surface area is 115 Å². The average Bonchev–Trinajstić information content (AvgIpc) is 2.89. The van der Waals surface area contributed by atoms with Gasteiger partial charge in [0.25, 0.3) is 0 Å². The monoisotopic (exact) mass is 263 g/mol. The van der Waals surface area contributed by atoms with Gasteiger partial charge >= 0.3 is 0 Å². The van der Waals surface area contributed by atoms with Crippen LogP contribution in [-0.2, 0) is 0 Å². The third-order valence-corrected chi connectivity index (χ3v) is 4.28. The minimum absolute atomic E-state index is 0.217. The minimum atomic E-state index is -0.217. The second-order valence-corrected chi connectivity index (χ2v) is 5.98. The molecular formula is C15H25N3O. The van der Waals surface area contributed by atoms with E-state index in [1.165, 1.54) is 25.7 Å². The maximum absolute atomic E-state index is 5.94. The average molecular weight is 263 g/mol. The second-order valence-electron chi connectivity index (χ2n) is 5.98. The van der Waals surface area contributed by atoms with E-state index in [0.29, 0.717) is 18.2 Å². The van der Waals surface area contributed by atoms with E-state index in [9.17, 15) is 0 Å². The molecular weight excluding hydrogens is 238 g/mol. The van der Waals surface area contributed by atoms with E-state index in [1.807, 2.05) is 0 Å². The first kappa shape index (κ1) is 14.3. The lowest BCUT2D eigenvalue weighted by Crippen LogP contribution is -2.18. The summed E-state index contributed by atoms with van der Waals surface area (Å²) in [5, 5.41) is 4.11. The van der Waals surface area contributed by atoms with Crippen LogP contribution in [0.1, 0.15) is 69.6 Å². The summed E-state index contributed by atoms with van der Waals surface area (Å²) in [6.45, 7) is 8.30. The molecule has 0 saturated heterocycles. The van der Waals surface area contributed by atoms with Crippen molar-refractivity contribution in [3.05, 3.63) is 24.4 Å². The number of hydrogen-bond acceptors (Lipinski definition) is 4. The predicted octanol–water partition coefficient (Wildman–Crippen LogP) is 3.58. The Morgan fingerprint density at radius 1 is 1.37 bits per heavy atom. The Morgan fingerprint density at radius 2 is 2.05 bits per heavy atom. The van der Waals surface area contributed by atoms with Crippen molar-refractivity contribution >= 4 is 0 Å². The van der Waals surface area contributed by atoms with Crippen LogP contribution < -0.4 is 5.73 Å². The molecule has 1 aliphatic rings. The van der Waals surface area contributed by atoms with Crippen molar-refractivity contribution < 1.29 is 4.52 Å². The molecule has 1 aliphatic carbocycles. The standard InChI is InChI=1S/C15H25N3O/c1-4-5-13(16)15-17-14(18-19-15)12-8-6-11(7-9-12)10(2)3/h4,10-13H,1,5-9,16H2,2-3H3. The molecule has 1 aromatic rings. The molecule has 2 N–H and O–H groups in total. The molecule has 0 aliphatic heterocycles. The van der Waals surface area contributed by atoms with E-state index < -0.39 is 0 Å². The molecule has 2 rings (SSSR count). The molecule has 19 heavy (non-hydrogen) atoms. The molecule has 0 bridgehead atoms. The Hall–Kier alpha value is -1.16.